The van der Waals surface area contributed by atoms with Crippen LogP contribution < -0.4 is 5.73 Å². The summed E-state index contributed by atoms with van der Waals surface area (Å²) in [5.41, 5.74) is 7.55. The molecule has 19 heavy (non-hydrogen) atoms. The highest BCUT2D eigenvalue weighted by atomic mass is 35.5. The first kappa shape index (κ1) is 13.4. The average molecular weight is 276 g/mol. The molecule has 2 N–H and O–H groups in total. The predicted molar refractivity (Wildman–Crippen MR) is 78.4 cm³/mol. The Morgan fingerprint density at radius 3 is 2.63 bits per heavy atom. The first-order valence-corrected chi connectivity index (χ1v) is 5.90. The summed E-state index contributed by atoms with van der Waals surface area (Å²) in [6, 6.07) is 11.1. The Kier molecular flexibility index (Phi) is 3.49. The van der Waals surface area contributed by atoms with E-state index < -0.39 is 0 Å². The number of amides is 1. The third kappa shape index (κ3) is 2.42. The van der Waals surface area contributed by atoms with Gasteiger partial charge in [-0.25, -0.2) is 0 Å². The van der Waals surface area contributed by atoms with Gasteiger partial charge in [0.15, 0.2) is 0 Å². The molecule has 0 aliphatic rings. The largest absolute Gasteiger partial charge is 0.456 e. The lowest BCUT2D eigenvalue weighted by Crippen LogP contribution is -2.13. The lowest BCUT2D eigenvalue weighted by molar-refractivity contribution is -0.117. The van der Waals surface area contributed by atoms with E-state index in [9.17, 15) is 4.79 Å². The van der Waals surface area contributed by atoms with Gasteiger partial charge in [-0.2, -0.15) is 0 Å². The highest BCUT2D eigenvalue weighted by Crippen LogP contribution is 2.31. The van der Waals surface area contributed by atoms with E-state index >= 15 is 0 Å². The monoisotopic (exact) mass is 275 g/mol. The molecule has 0 saturated heterocycles. The van der Waals surface area contributed by atoms with Crippen LogP contribution in [0.1, 0.15) is 13.0 Å². The maximum atomic E-state index is 10.9. The van der Waals surface area contributed by atoms with Crippen LogP contribution in [0.15, 0.2) is 40.8 Å². The minimum atomic E-state index is -0.353. The summed E-state index contributed by atoms with van der Waals surface area (Å²) in [6.45, 7) is 0. The van der Waals surface area contributed by atoms with Crippen molar-refractivity contribution in [2.75, 3.05) is 0 Å². The zero-order valence-electron chi connectivity index (χ0n) is 9.44. The molecule has 2 aromatic carbocycles. The molecule has 1 amide bonds. The van der Waals surface area contributed by atoms with Gasteiger partial charge in [-0.05, 0) is 29.8 Å². The molecule has 3 rings (SSSR count). The molecule has 0 saturated carbocycles. The number of hydrogen-bond acceptors (Lipinski definition) is 2. The summed E-state index contributed by atoms with van der Waals surface area (Å²) in [7, 11) is 0. The molecule has 0 fully saturated rings. The maximum Gasteiger partial charge on any atom is 0.221 e. The Hall–Kier alpha value is -2.00. The fourth-order valence-electron chi connectivity index (χ4n) is 2.10. The predicted octanol–water partition coefficient (Wildman–Crippen LogP) is 3.90. The quantitative estimate of drug-likeness (QED) is 0.771. The Labute approximate surface area is 115 Å². The molecule has 0 atom stereocenters. The van der Waals surface area contributed by atoms with Crippen molar-refractivity contribution in [2.45, 2.75) is 13.8 Å². The van der Waals surface area contributed by atoms with Crippen LogP contribution in [-0.2, 0) is 11.2 Å². The van der Waals surface area contributed by atoms with Crippen LogP contribution in [0.3, 0.4) is 0 Å². The lowest BCUT2D eigenvalue weighted by atomic mass is 10.1. The third-order valence-corrected chi connectivity index (χ3v) is 3.11. The van der Waals surface area contributed by atoms with Crippen LogP contribution in [0, 0.1) is 0 Å². The summed E-state index contributed by atoms with van der Waals surface area (Å²) < 4.78 is 5.72. The van der Waals surface area contributed by atoms with E-state index in [2.05, 4.69) is 0 Å². The minimum Gasteiger partial charge on any atom is -0.456 e. The average Bonchev–Trinajstić information content (AvgIpc) is 2.65. The van der Waals surface area contributed by atoms with Crippen molar-refractivity contribution in [3.8, 4) is 0 Å². The van der Waals surface area contributed by atoms with Crippen LogP contribution in [0.2, 0.25) is 5.02 Å². The van der Waals surface area contributed by atoms with Gasteiger partial charge in [0.05, 0.1) is 6.42 Å². The second-order valence-electron chi connectivity index (χ2n) is 4.22. The highest BCUT2D eigenvalue weighted by molar-refractivity contribution is 6.31. The molecular formula is C15H14ClNO2. The highest BCUT2D eigenvalue weighted by Gasteiger charge is 2.08. The Morgan fingerprint density at radius 1 is 1.11 bits per heavy atom. The SMILES string of the molecule is C.NC(=O)Cc1ccc2c(c1)oc1ccc(Cl)cc12. The van der Waals surface area contributed by atoms with Gasteiger partial charge in [-0.15, -0.1) is 0 Å². The first-order chi connectivity index (χ1) is 8.63. The summed E-state index contributed by atoms with van der Waals surface area (Å²) >= 11 is 5.97. The molecule has 0 aliphatic heterocycles. The molecular weight excluding hydrogens is 262 g/mol. The first-order valence-electron chi connectivity index (χ1n) is 5.52. The van der Waals surface area contributed by atoms with Crippen LogP contribution >= 0.6 is 11.6 Å². The van der Waals surface area contributed by atoms with Crippen molar-refractivity contribution >= 4 is 39.4 Å². The summed E-state index contributed by atoms with van der Waals surface area (Å²) in [4.78, 5) is 10.9. The van der Waals surface area contributed by atoms with Gasteiger partial charge in [-0.3, -0.25) is 4.79 Å². The molecule has 3 nitrogen and oxygen atoms in total. The molecule has 3 aromatic rings. The van der Waals surface area contributed by atoms with E-state index in [1.807, 2.05) is 30.3 Å². The van der Waals surface area contributed by atoms with E-state index in [0.717, 1.165) is 27.5 Å². The second-order valence-corrected chi connectivity index (χ2v) is 4.65. The molecule has 1 aromatic heterocycles. The van der Waals surface area contributed by atoms with Crippen LogP contribution in [-0.4, -0.2) is 5.91 Å². The molecule has 0 bridgehead atoms. The standard InChI is InChI=1S/C14H10ClNO2.CH4/c15-9-2-4-12-11(7-9)10-3-1-8(6-14(16)17)5-13(10)18-12;/h1-5,7H,6H2,(H2,16,17);1H4. The lowest BCUT2D eigenvalue weighted by Gasteiger charge is -1.96. The van der Waals surface area contributed by atoms with E-state index in [4.69, 9.17) is 21.8 Å². The van der Waals surface area contributed by atoms with E-state index in [1.54, 1.807) is 6.07 Å². The van der Waals surface area contributed by atoms with Crippen LogP contribution in [0.5, 0.6) is 0 Å². The number of halogens is 1. The van der Waals surface area contributed by atoms with Crippen molar-refractivity contribution < 1.29 is 9.21 Å². The van der Waals surface area contributed by atoms with E-state index in [-0.39, 0.29) is 19.8 Å². The molecule has 4 heteroatoms. The Bertz CT molecular complexity index is 761. The van der Waals surface area contributed by atoms with Gasteiger partial charge in [0.2, 0.25) is 5.91 Å². The van der Waals surface area contributed by atoms with Crippen molar-refractivity contribution in [1.82, 2.24) is 0 Å². The van der Waals surface area contributed by atoms with Crippen molar-refractivity contribution in [2.24, 2.45) is 5.73 Å². The molecule has 0 radical (unpaired) electrons. The number of carbonyl (C=O) groups is 1. The number of hydrogen-bond donors (Lipinski definition) is 1. The number of benzene rings is 2. The van der Waals surface area contributed by atoms with E-state index in [0.29, 0.717) is 5.02 Å². The summed E-state index contributed by atoms with van der Waals surface area (Å²) in [6.07, 6.45) is 0.216. The topological polar surface area (TPSA) is 56.2 Å². The number of carbonyl (C=O) groups excluding carboxylic acids is 1. The number of primary amides is 1. The van der Waals surface area contributed by atoms with Gasteiger partial charge in [0.1, 0.15) is 11.2 Å². The fraction of sp³-hybridized carbons (Fsp3) is 0.133. The van der Waals surface area contributed by atoms with Gasteiger partial charge < -0.3 is 10.2 Å². The van der Waals surface area contributed by atoms with Crippen LogP contribution in [0.25, 0.3) is 21.9 Å². The van der Waals surface area contributed by atoms with Gasteiger partial charge in [-0.1, -0.05) is 31.2 Å². The number of nitrogens with two attached hydrogens (primary N) is 1. The van der Waals surface area contributed by atoms with Crippen molar-refractivity contribution in [1.29, 1.82) is 0 Å². The molecule has 98 valence electrons. The zero-order chi connectivity index (χ0) is 12.7. The smallest absolute Gasteiger partial charge is 0.221 e. The molecule has 1 heterocycles. The van der Waals surface area contributed by atoms with Gasteiger partial charge in [0.25, 0.3) is 0 Å². The number of fused-ring (bicyclic) bond motifs is 3. The van der Waals surface area contributed by atoms with Gasteiger partial charge >= 0.3 is 0 Å². The third-order valence-electron chi connectivity index (χ3n) is 2.88. The number of furan rings is 1. The number of rotatable bonds is 2. The fourth-order valence-corrected chi connectivity index (χ4v) is 2.28. The van der Waals surface area contributed by atoms with Gasteiger partial charge in [0, 0.05) is 15.8 Å². The minimum absolute atomic E-state index is 0. The second kappa shape index (κ2) is 4.94. The van der Waals surface area contributed by atoms with E-state index in [1.165, 1.54) is 0 Å². The molecule has 0 unspecified atom stereocenters. The summed E-state index contributed by atoms with van der Waals surface area (Å²) in [5.74, 6) is -0.353. The Balaban J connectivity index is 0.00000133. The maximum absolute atomic E-state index is 10.9. The molecule has 0 spiro atoms. The zero-order valence-corrected chi connectivity index (χ0v) is 10.2. The molecule has 0 aliphatic carbocycles. The summed E-state index contributed by atoms with van der Waals surface area (Å²) in [5, 5.41) is 2.63. The Morgan fingerprint density at radius 2 is 1.89 bits per heavy atom. The van der Waals surface area contributed by atoms with Crippen LogP contribution in [0.4, 0.5) is 0 Å². The van der Waals surface area contributed by atoms with Crippen molar-refractivity contribution in [3.05, 3.63) is 47.0 Å². The normalized spacial score (nSPS) is 10.6. The van der Waals surface area contributed by atoms with Crippen molar-refractivity contribution in [3.63, 3.8) is 0 Å².